The molecular formula is C36H47Cl2N5O8S2. The van der Waals surface area contributed by atoms with Crippen LogP contribution in [0.15, 0.2) is 30.4 Å². The first-order valence-electron chi connectivity index (χ1n) is 17.9. The SMILES string of the molecule is CCC(C)S(=O)(=O)NC(=O)[C@@]12C[C@H]1/C=C\CCCCC[C@H](NC(=O)OC(C)(C)C)C(=O)N1C[C@H](NC(=O)c3sc4cccc(Cl)c4c3Cl)C[C@H]1C(=O)N2. The highest BCUT2D eigenvalue weighted by atomic mass is 35.5. The van der Waals surface area contributed by atoms with Crippen LogP contribution in [0.25, 0.3) is 10.1 Å². The Labute approximate surface area is 324 Å². The van der Waals surface area contributed by atoms with Gasteiger partial charge in [-0.1, -0.05) is 61.2 Å². The molecule has 5 amide bonds. The fourth-order valence-electron chi connectivity index (χ4n) is 6.68. The number of allylic oxidation sites excluding steroid dienone is 1. The summed E-state index contributed by atoms with van der Waals surface area (Å²) in [7, 11) is -4.03. The van der Waals surface area contributed by atoms with Gasteiger partial charge in [0.1, 0.15) is 28.1 Å². The van der Waals surface area contributed by atoms with Crippen molar-refractivity contribution in [2.75, 3.05) is 6.54 Å². The van der Waals surface area contributed by atoms with Gasteiger partial charge in [-0.15, -0.1) is 11.3 Å². The van der Waals surface area contributed by atoms with Crippen LogP contribution in [0.5, 0.6) is 0 Å². The van der Waals surface area contributed by atoms with Crippen molar-refractivity contribution in [1.29, 1.82) is 0 Å². The van der Waals surface area contributed by atoms with Gasteiger partial charge in [0.25, 0.3) is 11.8 Å². The molecule has 0 radical (unpaired) electrons. The largest absolute Gasteiger partial charge is 0.444 e. The highest BCUT2D eigenvalue weighted by Gasteiger charge is 2.61. The minimum Gasteiger partial charge on any atom is -0.444 e. The second-order valence-corrected chi connectivity index (χ2v) is 18.9. The number of alkyl carbamates (subject to hydrolysis) is 1. The quantitative estimate of drug-likeness (QED) is 0.267. The maximum absolute atomic E-state index is 14.4. The topological polar surface area (TPSA) is 180 Å². The third kappa shape index (κ3) is 9.29. The average molecular weight is 813 g/mol. The zero-order valence-electron chi connectivity index (χ0n) is 30.4. The number of hydrogen-bond acceptors (Lipinski definition) is 9. The van der Waals surface area contributed by atoms with Crippen LogP contribution >= 0.6 is 34.5 Å². The third-order valence-electron chi connectivity index (χ3n) is 9.86. The third-order valence-corrected chi connectivity index (χ3v) is 13.7. The molecule has 1 aliphatic carbocycles. The lowest BCUT2D eigenvalue weighted by Crippen LogP contribution is -2.58. The summed E-state index contributed by atoms with van der Waals surface area (Å²) in [5.41, 5.74) is -2.40. The summed E-state index contributed by atoms with van der Waals surface area (Å²) < 4.78 is 34.2. The number of nitrogens with zero attached hydrogens (tertiary/aromatic N) is 1. The predicted octanol–water partition coefficient (Wildman–Crippen LogP) is 5.44. The Morgan fingerprint density at radius 1 is 1.13 bits per heavy atom. The Hall–Kier alpha value is -3.40. The molecular weight excluding hydrogens is 765 g/mol. The Balaban J connectivity index is 1.46. The smallest absolute Gasteiger partial charge is 0.408 e. The molecule has 3 aliphatic rings. The number of thiophene rings is 1. The van der Waals surface area contributed by atoms with Crippen LogP contribution in [0, 0.1) is 5.92 Å². The van der Waals surface area contributed by atoms with E-state index in [4.69, 9.17) is 27.9 Å². The van der Waals surface area contributed by atoms with Gasteiger partial charge in [-0.25, -0.2) is 13.2 Å². The monoisotopic (exact) mass is 811 g/mol. The molecule has 13 nitrogen and oxygen atoms in total. The van der Waals surface area contributed by atoms with Crippen molar-refractivity contribution in [1.82, 2.24) is 25.6 Å². The number of amides is 5. The average Bonchev–Trinajstić information content (AvgIpc) is 3.41. The standard InChI is InChI=1S/C36H47Cl2N5O8S2/c1-6-20(2)53(49,50)42-33(47)36-18-21(36)13-10-8-7-9-11-15-24(40-34(48)51-35(3,4)5)32(46)43-19-22(17-25(43)30(44)41-36)39-31(45)29-28(38)27-23(37)14-12-16-26(27)52-29/h10,12-14,16,20-22,24-25H,6-9,11,15,17-19H2,1-5H3,(H,39,45)(H,40,48)(H,41,44)(H,42,47)/b13-10-/t20?,21-,22-,24+,25+,36-/m1/s1. The molecule has 1 unspecified atom stereocenters. The molecule has 1 aromatic carbocycles. The molecule has 3 heterocycles. The number of rotatable bonds is 7. The van der Waals surface area contributed by atoms with E-state index < -0.39 is 80.2 Å². The van der Waals surface area contributed by atoms with Crippen LogP contribution in [0.2, 0.25) is 10.0 Å². The molecule has 17 heteroatoms. The van der Waals surface area contributed by atoms with Crippen LogP contribution < -0.4 is 20.7 Å². The summed E-state index contributed by atoms with van der Waals surface area (Å²) in [5.74, 6) is -3.10. The van der Waals surface area contributed by atoms with Crippen molar-refractivity contribution in [3.8, 4) is 0 Å². The summed E-state index contributed by atoms with van der Waals surface area (Å²) in [6.07, 6.45) is 6.35. The predicted molar refractivity (Wildman–Crippen MR) is 204 cm³/mol. The number of nitrogens with one attached hydrogen (secondary N) is 4. The lowest BCUT2D eigenvalue weighted by atomic mass is 10.0. The Morgan fingerprint density at radius 2 is 1.87 bits per heavy atom. The molecule has 1 saturated heterocycles. The lowest BCUT2D eigenvalue weighted by molar-refractivity contribution is -0.141. The van der Waals surface area contributed by atoms with Gasteiger partial charge in [0.2, 0.25) is 21.8 Å². The number of halogens is 2. The lowest BCUT2D eigenvalue weighted by Gasteiger charge is -2.30. The summed E-state index contributed by atoms with van der Waals surface area (Å²) in [5, 5.41) is 8.70. The second-order valence-electron chi connectivity index (χ2n) is 15.0. The molecule has 2 aromatic rings. The zero-order valence-corrected chi connectivity index (χ0v) is 33.6. The van der Waals surface area contributed by atoms with Gasteiger partial charge in [-0.3, -0.25) is 23.9 Å². The van der Waals surface area contributed by atoms with Crippen molar-refractivity contribution >= 4 is 84.4 Å². The first kappa shape index (κ1) is 40.8. The Morgan fingerprint density at radius 3 is 2.55 bits per heavy atom. The van der Waals surface area contributed by atoms with E-state index >= 15 is 0 Å². The first-order chi connectivity index (χ1) is 24.9. The molecule has 1 saturated carbocycles. The van der Waals surface area contributed by atoms with Crippen LogP contribution in [0.3, 0.4) is 0 Å². The maximum atomic E-state index is 14.4. The minimum atomic E-state index is -4.03. The van der Waals surface area contributed by atoms with Crippen molar-refractivity contribution in [2.45, 2.75) is 121 Å². The molecule has 2 fully saturated rings. The fraction of sp³-hybridized carbons (Fsp3) is 0.583. The number of carbonyl (C=O) groups is 5. The van der Waals surface area contributed by atoms with Crippen molar-refractivity contribution in [3.63, 3.8) is 0 Å². The number of ether oxygens (including phenoxy) is 1. The molecule has 4 N–H and O–H groups in total. The molecule has 1 aromatic heterocycles. The van der Waals surface area contributed by atoms with Gasteiger partial charge in [0.05, 0.1) is 15.3 Å². The Kier molecular flexibility index (Phi) is 12.4. The summed E-state index contributed by atoms with van der Waals surface area (Å²) in [4.78, 5) is 70.5. The number of hydrogen-bond donors (Lipinski definition) is 4. The van der Waals surface area contributed by atoms with Gasteiger partial charge in [-0.2, -0.15) is 0 Å². The second kappa shape index (κ2) is 16.1. The first-order valence-corrected chi connectivity index (χ1v) is 21.0. The van der Waals surface area contributed by atoms with Crippen molar-refractivity contribution in [2.24, 2.45) is 5.92 Å². The van der Waals surface area contributed by atoms with E-state index in [9.17, 15) is 32.4 Å². The number of benzene rings is 1. The van der Waals surface area contributed by atoms with Gasteiger partial charge in [0, 0.05) is 28.6 Å². The van der Waals surface area contributed by atoms with E-state index in [-0.39, 0.29) is 42.1 Å². The van der Waals surface area contributed by atoms with E-state index in [1.165, 1.54) is 11.8 Å². The van der Waals surface area contributed by atoms with Crippen LogP contribution in [0.4, 0.5) is 4.79 Å². The van der Waals surface area contributed by atoms with Crippen LogP contribution in [-0.4, -0.2) is 84.1 Å². The van der Waals surface area contributed by atoms with E-state index in [1.807, 2.05) is 12.2 Å². The Bertz CT molecular complexity index is 1910. The van der Waals surface area contributed by atoms with Gasteiger partial charge >= 0.3 is 6.09 Å². The van der Waals surface area contributed by atoms with Gasteiger partial charge in [0.15, 0.2) is 0 Å². The summed E-state index contributed by atoms with van der Waals surface area (Å²) >= 11 is 14.1. The summed E-state index contributed by atoms with van der Waals surface area (Å²) in [6.45, 7) is 8.20. The zero-order chi connectivity index (χ0) is 38.9. The maximum Gasteiger partial charge on any atom is 0.408 e. The number of sulfonamides is 1. The molecule has 6 atom stereocenters. The van der Waals surface area contributed by atoms with Gasteiger partial charge < -0.3 is 25.6 Å². The van der Waals surface area contributed by atoms with E-state index in [0.717, 1.165) is 24.2 Å². The normalized spacial score (nSPS) is 26.6. The number of carbonyl (C=O) groups excluding carboxylic acids is 5. The fourth-order valence-corrected chi connectivity index (χ4v) is 9.62. The minimum absolute atomic E-state index is 0.0326. The van der Waals surface area contributed by atoms with Crippen LogP contribution in [-0.2, 0) is 29.1 Å². The van der Waals surface area contributed by atoms with Crippen molar-refractivity contribution in [3.05, 3.63) is 45.3 Å². The number of fused-ring (bicyclic) bond motifs is 3. The highest BCUT2D eigenvalue weighted by molar-refractivity contribution is 7.90. The molecule has 5 rings (SSSR count). The van der Waals surface area contributed by atoms with Crippen LogP contribution in [0.1, 0.15) is 95.7 Å². The van der Waals surface area contributed by atoms with Gasteiger partial charge in [-0.05, 0) is 78.4 Å². The molecule has 2 aliphatic heterocycles. The molecule has 53 heavy (non-hydrogen) atoms. The van der Waals surface area contributed by atoms with E-state index in [2.05, 4.69) is 20.7 Å². The molecule has 0 bridgehead atoms. The van der Waals surface area contributed by atoms with Crippen molar-refractivity contribution < 1.29 is 37.1 Å². The van der Waals surface area contributed by atoms with E-state index in [1.54, 1.807) is 45.9 Å². The summed E-state index contributed by atoms with van der Waals surface area (Å²) in [6, 6.07) is 2.24. The molecule has 0 spiro atoms. The van der Waals surface area contributed by atoms with E-state index in [0.29, 0.717) is 28.0 Å². The molecule has 290 valence electrons. The highest BCUT2D eigenvalue weighted by Crippen LogP contribution is 2.46.